The standard InChI is InChI=1S/C26H28ClN3O3/c27-21-9-5-4-6-18(21)17-24-25(31)28-22-16-19(10-11-23(22)33-24)26(32)30-14-12-29(13-15-30)20-7-2-1-3-8-20/h4-6,9-11,16-17,20H,1-3,7-8,12-15H2,(H,28,31). The number of ether oxygens (including phenoxy) is 1. The van der Waals surface area contributed by atoms with Crippen molar-refractivity contribution in [2.45, 2.75) is 38.1 Å². The molecule has 2 amide bonds. The molecular formula is C26H28ClN3O3. The first-order valence-electron chi connectivity index (χ1n) is 11.7. The Kier molecular flexibility index (Phi) is 6.38. The van der Waals surface area contributed by atoms with Gasteiger partial charge in [-0.25, -0.2) is 0 Å². The third-order valence-electron chi connectivity index (χ3n) is 6.80. The van der Waals surface area contributed by atoms with Crippen LogP contribution in [0.3, 0.4) is 0 Å². The zero-order chi connectivity index (χ0) is 22.8. The zero-order valence-electron chi connectivity index (χ0n) is 18.6. The molecular weight excluding hydrogens is 438 g/mol. The van der Waals surface area contributed by atoms with E-state index in [4.69, 9.17) is 16.3 Å². The predicted octanol–water partition coefficient (Wildman–Crippen LogP) is 4.80. The monoisotopic (exact) mass is 465 g/mol. The molecule has 2 aromatic carbocycles. The van der Waals surface area contributed by atoms with Gasteiger partial charge >= 0.3 is 0 Å². The highest BCUT2D eigenvalue weighted by Gasteiger charge is 2.29. The third-order valence-corrected chi connectivity index (χ3v) is 7.15. The van der Waals surface area contributed by atoms with E-state index < -0.39 is 0 Å². The van der Waals surface area contributed by atoms with Gasteiger partial charge in [-0.3, -0.25) is 14.5 Å². The number of halogens is 1. The summed E-state index contributed by atoms with van der Waals surface area (Å²) in [4.78, 5) is 30.2. The second-order valence-electron chi connectivity index (χ2n) is 8.92. The number of fused-ring (bicyclic) bond motifs is 1. The summed E-state index contributed by atoms with van der Waals surface area (Å²) in [6.07, 6.45) is 8.18. The first kappa shape index (κ1) is 22.0. The van der Waals surface area contributed by atoms with Gasteiger partial charge in [-0.15, -0.1) is 0 Å². The van der Waals surface area contributed by atoms with Gasteiger partial charge < -0.3 is 15.0 Å². The normalized spacial score (nSPS) is 20.8. The van der Waals surface area contributed by atoms with Crippen molar-refractivity contribution in [2.24, 2.45) is 0 Å². The summed E-state index contributed by atoms with van der Waals surface area (Å²) in [5.41, 5.74) is 1.76. The van der Waals surface area contributed by atoms with Gasteiger partial charge in [0.15, 0.2) is 11.5 Å². The highest BCUT2D eigenvalue weighted by molar-refractivity contribution is 6.32. The molecule has 0 unspecified atom stereocenters. The number of hydrogen-bond acceptors (Lipinski definition) is 4. The molecule has 6 nitrogen and oxygen atoms in total. The van der Waals surface area contributed by atoms with Crippen molar-refractivity contribution in [1.82, 2.24) is 9.80 Å². The summed E-state index contributed by atoms with van der Waals surface area (Å²) < 4.78 is 5.82. The molecule has 1 aliphatic carbocycles. The third kappa shape index (κ3) is 4.77. The maximum absolute atomic E-state index is 13.1. The molecule has 0 spiro atoms. The Morgan fingerprint density at radius 1 is 1.03 bits per heavy atom. The number of nitrogens with one attached hydrogen (secondary N) is 1. The lowest BCUT2D eigenvalue weighted by molar-refractivity contribution is -0.115. The van der Waals surface area contributed by atoms with Crippen molar-refractivity contribution >= 4 is 35.2 Å². The number of piperazine rings is 1. The summed E-state index contributed by atoms with van der Waals surface area (Å²) in [7, 11) is 0. The van der Waals surface area contributed by atoms with Gasteiger partial charge in [-0.05, 0) is 48.7 Å². The molecule has 2 aromatic rings. The first-order valence-corrected chi connectivity index (χ1v) is 12.1. The number of hydrogen-bond donors (Lipinski definition) is 1. The van der Waals surface area contributed by atoms with Gasteiger partial charge in [0.1, 0.15) is 0 Å². The van der Waals surface area contributed by atoms with Crippen LogP contribution in [0.4, 0.5) is 5.69 Å². The van der Waals surface area contributed by atoms with Crippen LogP contribution in [0.2, 0.25) is 5.02 Å². The second-order valence-corrected chi connectivity index (χ2v) is 9.32. The van der Waals surface area contributed by atoms with Gasteiger partial charge in [0.25, 0.3) is 11.8 Å². The summed E-state index contributed by atoms with van der Waals surface area (Å²) in [5, 5.41) is 3.38. The molecule has 2 heterocycles. The molecule has 0 bridgehead atoms. The Morgan fingerprint density at radius 2 is 1.79 bits per heavy atom. The number of rotatable bonds is 3. The molecule has 5 rings (SSSR count). The van der Waals surface area contributed by atoms with Crippen LogP contribution in [-0.2, 0) is 4.79 Å². The Labute approximate surface area is 199 Å². The maximum atomic E-state index is 13.1. The summed E-state index contributed by atoms with van der Waals surface area (Å²) in [5.74, 6) is 0.293. The number of nitrogens with zero attached hydrogens (tertiary/aromatic N) is 2. The smallest absolute Gasteiger partial charge is 0.291 e. The van der Waals surface area contributed by atoms with Crippen LogP contribution in [0.25, 0.3) is 6.08 Å². The van der Waals surface area contributed by atoms with Crippen molar-refractivity contribution in [3.05, 3.63) is 64.4 Å². The van der Waals surface area contributed by atoms with Crippen LogP contribution in [0.1, 0.15) is 48.0 Å². The van der Waals surface area contributed by atoms with Crippen LogP contribution in [0.5, 0.6) is 5.75 Å². The number of amides is 2. The predicted molar refractivity (Wildman–Crippen MR) is 129 cm³/mol. The molecule has 3 aliphatic rings. The van der Waals surface area contributed by atoms with E-state index >= 15 is 0 Å². The summed E-state index contributed by atoms with van der Waals surface area (Å²) >= 11 is 6.20. The van der Waals surface area contributed by atoms with E-state index in [1.807, 2.05) is 23.1 Å². The maximum Gasteiger partial charge on any atom is 0.291 e. The van der Waals surface area contributed by atoms with Crippen LogP contribution >= 0.6 is 11.6 Å². The molecule has 0 atom stereocenters. The Morgan fingerprint density at radius 3 is 2.55 bits per heavy atom. The fourth-order valence-electron chi connectivity index (χ4n) is 4.95. The number of anilines is 1. The number of benzene rings is 2. The van der Waals surface area contributed by atoms with E-state index in [0.29, 0.717) is 33.6 Å². The molecule has 7 heteroatoms. The zero-order valence-corrected chi connectivity index (χ0v) is 19.3. The van der Waals surface area contributed by atoms with Crippen molar-refractivity contribution in [1.29, 1.82) is 0 Å². The highest BCUT2D eigenvalue weighted by atomic mass is 35.5. The molecule has 33 heavy (non-hydrogen) atoms. The van der Waals surface area contributed by atoms with Crippen LogP contribution in [0, 0.1) is 0 Å². The fourth-order valence-corrected chi connectivity index (χ4v) is 5.14. The van der Waals surface area contributed by atoms with Crippen LogP contribution in [0.15, 0.2) is 48.2 Å². The quantitative estimate of drug-likeness (QED) is 0.661. The van der Waals surface area contributed by atoms with Gasteiger partial charge in [0.2, 0.25) is 0 Å². The first-order chi connectivity index (χ1) is 16.1. The van der Waals surface area contributed by atoms with Crippen molar-refractivity contribution in [3.8, 4) is 5.75 Å². The SMILES string of the molecule is O=C1Nc2cc(C(=O)N3CCN(C4CCCCC4)CC3)ccc2OC1=Cc1ccccc1Cl. The lowest BCUT2D eigenvalue weighted by atomic mass is 9.94. The average Bonchev–Trinajstić information content (AvgIpc) is 2.86. The molecule has 2 fully saturated rings. The van der Waals surface area contributed by atoms with E-state index in [1.165, 1.54) is 32.1 Å². The van der Waals surface area contributed by atoms with Crippen molar-refractivity contribution in [2.75, 3.05) is 31.5 Å². The van der Waals surface area contributed by atoms with Gasteiger partial charge in [0, 0.05) is 42.8 Å². The molecule has 172 valence electrons. The Balaban J connectivity index is 1.26. The van der Waals surface area contributed by atoms with E-state index in [-0.39, 0.29) is 17.6 Å². The molecule has 0 radical (unpaired) electrons. The fraction of sp³-hybridized carbons (Fsp3) is 0.385. The highest BCUT2D eigenvalue weighted by Crippen LogP contribution is 2.33. The van der Waals surface area contributed by atoms with E-state index in [1.54, 1.807) is 30.3 Å². The average molecular weight is 466 g/mol. The van der Waals surface area contributed by atoms with E-state index in [2.05, 4.69) is 10.2 Å². The van der Waals surface area contributed by atoms with Gasteiger partial charge in [-0.1, -0.05) is 49.1 Å². The number of carbonyl (C=O) groups is 2. The molecule has 2 aliphatic heterocycles. The largest absolute Gasteiger partial charge is 0.449 e. The van der Waals surface area contributed by atoms with Gasteiger partial charge in [-0.2, -0.15) is 0 Å². The Hall–Kier alpha value is -2.83. The minimum Gasteiger partial charge on any atom is -0.449 e. The van der Waals surface area contributed by atoms with Crippen LogP contribution < -0.4 is 10.1 Å². The van der Waals surface area contributed by atoms with Crippen molar-refractivity contribution < 1.29 is 14.3 Å². The molecule has 1 N–H and O–H groups in total. The molecule has 1 saturated heterocycles. The molecule has 1 saturated carbocycles. The molecule has 0 aromatic heterocycles. The Bertz CT molecular complexity index is 1090. The van der Waals surface area contributed by atoms with Crippen LogP contribution in [-0.4, -0.2) is 53.8 Å². The van der Waals surface area contributed by atoms with Crippen molar-refractivity contribution in [3.63, 3.8) is 0 Å². The topological polar surface area (TPSA) is 61.9 Å². The van der Waals surface area contributed by atoms with E-state index in [0.717, 1.165) is 26.2 Å². The summed E-state index contributed by atoms with van der Waals surface area (Å²) in [6, 6.07) is 13.1. The lowest BCUT2D eigenvalue weighted by Crippen LogP contribution is -2.52. The van der Waals surface area contributed by atoms with E-state index in [9.17, 15) is 9.59 Å². The minimum absolute atomic E-state index is 0.00671. The summed E-state index contributed by atoms with van der Waals surface area (Å²) in [6.45, 7) is 3.33. The lowest BCUT2D eigenvalue weighted by Gasteiger charge is -2.40. The second kappa shape index (κ2) is 9.57. The minimum atomic E-state index is -0.367. The van der Waals surface area contributed by atoms with Gasteiger partial charge in [0.05, 0.1) is 5.69 Å². The number of carbonyl (C=O) groups excluding carboxylic acids is 2.